The predicted octanol–water partition coefficient (Wildman–Crippen LogP) is 3.08. The molecule has 1 aliphatic rings. The fourth-order valence-electron chi connectivity index (χ4n) is 2.38. The van der Waals surface area contributed by atoms with Gasteiger partial charge in [0.2, 0.25) is 0 Å². The number of piperazine rings is 1. The van der Waals surface area contributed by atoms with Crippen LogP contribution in [0.2, 0.25) is 5.02 Å². The van der Waals surface area contributed by atoms with E-state index in [4.69, 9.17) is 11.6 Å². The lowest BCUT2D eigenvalue weighted by Gasteiger charge is -2.38. The molecule has 1 N–H and O–H groups in total. The molecule has 0 aromatic heterocycles. The number of nitrogens with zero attached hydrogens (tertiary/aromatic N) is 1. The molecule has 1 atom stereocenters. The molecule has 1 aliphatic heterocycles. The number of hydrogen-bond donors (Lipinski definition) is 1. The monoisotopic (exact) mass is 252 g/mol. The second kappa shape index (κ2) is 5.28. The van der Waals surface area contributed by atoms with Gasteiger partial charge < -0.3 is 10.2 Å². The molecule has 3 heteroatoms. The molecular formula is C14H21ClN2. The molecule has 1 fully saturated rings. The zero-order valence-electron chi connectivity index (χ0n) is 10.8. The van der Waals surface area contributed by atoms with Crippen molar-refractivity contribution in [1.82, 2.24) is 5.32 Å². The quantitative estimate of drug-likeness (QED) is 0.870. The number of rotatable bonds is 2. The van der Waals surface area contributed by atoms with Crippen LogP contribution in [0.1, 0.15) is 19.4 Å². The van der Waals surface area contributed by atoms with E-state index in [-0.39, 0.29) is 0 Å². The van der Waals surface area contributed by atoms with E-state index in [0.29, 0.717) is 12.0 Å². The van der Waals surface area contributed by atoms with Crippen LogP contribution >= 0.6 is 11.6 Å². The number of anilines is 1. The summed E-state index contributed by atoms with van der Waals surface area (Å²) >= 11 is 6.19. The molecule has 1 saturated heterocycles. The van der Waals surface area contributed by atoms with Gasteiger partial charge in [-0.15, -0.1) is 0 Å². The van der Waals surface area contributed by atoms with Crippen molar-refractivity contribution < 1.29 is 0 Å². The second-order valence-electron chi connectivity index (χ2n) is 5.13. The van der Waals surface area contributed by atoms with Crippen molar-refractivity contribution in [1.29, 1.82) is 0 Å². The number of benzene rings is 1. The molecule has 1 aromatic rings. The summed E-state index contributed by atoms with van der Waals surface area (Å²) < 4.78 is 0. The van der Waals surface area contributed by atoms with Gasteiger partial charge in [-0.25, -0.2) is 0 Å². The first-order valence-electron chi connectivity index (χ1n) is 6.33. The van der Waals surface area contributed by atoms with Gasteiger partial charge in [0.25, 0.3) is 0 Å². The average Bonchev–Trinajstić information content (AvgIpc) is 2.33. The lowest BCUT2D eigenvalue weighted by atomic mass is 10.0. The third-order valence-corrected chi connectivity index (χ3v) is 4.00. The number of halogens is 1. The summed E-state index contributed by atoms with van der Waals surface area (Å²) in [6, 6.07) is 6.74. The van der Waals surface area contributed by atoms with Crippen molar-refractivity contribution in [3.05, 3.63) is 28.8 Å². The molecule has 17 heavy (non-hydrogen) atoms. The molecule has 0 amide bonds. The zero-order valence-corrected chi connectivity index (χ0v) is 11.6. The van der Waals surface area contributed by atoms with Gasteiger partial charge >= 0.3 is 0 Å². The Morgan fingerprint density at radius 3 is 2.88 bits per heavy atom. The van der Waals surface area contributed by atoms with Gasteiger partial charge in [-0.05, 0) is 30.5 Å². The Kier molecular flexibility index (Phi) is 3.95. The molecule has 1 heterocycles. The highest BCUT2D eigenvalue weighted by atomic mass is 35.5. The predicted molar refractivity (Wildman–Crippen MR) is 75.0 cm³/mol. The van der Waals surface area contributed by atoms with E-state index < -0.39 is 0 Å². The lowest BCUT2D eigenvalue weighted by molar-refractivity contribution is 0.368. The van der Waals surface area contributed by atoms with Crippen LogP contribution in [0, 0.1) is 12.8 Å². The molecule has 0 radical (unpaired) electrons. The first kappa shape index (κ1) is 12.7. The van der Waals surface area contributed by atoms with Crippen LogP contribution in [0.4, 0.5) is 5.69 Å². The molecule has 0 saturated carbocycles. The first-order chi connectivity index (χ1) is 8.09. The lowest BCUT2D eigenvalue weighted by Crippen LogP contribution is -2.53. The van der Waals surface area contributed by atoms with E-state index in [0.717, 1.165) is 24.7 Å². The van der Waals surface area contributed by atoms with E-state index in [9.17, 15) is 0 Å². The Labute approximate surface area is 109 Å². The van der Waals surface area contributed by atoms with E-state index in [1.54, 1.807) is 0 Å². The molecule has 1 unspecified atom stereocenters. The fourth-order valence-corrected chi connectivity index (χ4v) is 2.55. The van der Waals surface area contributed by atoms with Crippen LogP contribution in [0.3, 0.4) is 0 Å². The van der Waals surface area contributed by atoms with Gasteiger partial charge in [0.15, 0.2) is 0 Å². The molecular weight excluding hydrogens is 232 g/mol. The summed E-state index contributed by atoms with van der Waals surface area (Å²) in [6.45, 7) is 9.82. The molecule has 1 aromatic carbocycles. The standard InChI is InChI=1S/C14H21ClN2/c1-10(2)13-9-17(8-7-16-13)14-6-4-5-12(15)11(14)3/h4-6,10,13,16H,7-9H2,1-3H3. The Bertz CT molecular complexity index is 390. The zero-order chi connectivity index (χ0) is 12.4. The van der Waals surface area contributed by atoms with Crippen LogP contribution in [0.15, 0.2) is 18.2 Å². The van der Waals surface area contributed by atoms with Crippen molar-refractivity contribution in [3.8, 4) is 0 Å². The van der Waals surface area contributed by atoms with Crippen molar-refractivity contribution >= 4 is 17.3 Å². The molecule has 2 nitrogen and oxygen atoms in total. The largest absolute Gasteiger partial charge is 0.368 e. The minimum atomic E-state index is 0.571. The first-order valence-corrected chi connectivity index (χ1v) is 6.71. The van der Waals surface area contributed by atoms with Gasteiger partial charge in [0.1, 0.15) is 0 Å². The number of nitrogens with one attached hydrogen (secondary N) is 1. The van der Waals surface area contributed by atoms with E-state index in [2.05, 4.69) is 37.1 Å². The maximum Gasteiger partial charge on any atom is 0.0455 e. The SMILES string of the molecule is Cc1c(Cl)cccc1N1CCNC(C(C)C)C1. The highest BCUT2D eigenvalue weighted by Gasteiger charge is 2.22. The Balaban J connectivity index is 2.19. The average molecular weight is 253 g/mol. The van der Waals surface area contributed by atoms with Crippen LogP contribution in [-0.4, -0.2) is 25.7 Å². The highest BCUT2D eigenvalue weighted by molar-refractivity contribution is 6.31. The van der Waals surface area contributed by atoms with Crippen molar-refractivity contribution in [2.24, 2.45) is 5.92 Å². The van der Waals surface area contributed by atoms with E-state index in [1.807, 2.05) is 12.1 Å². The fraction of sp³-hybridized carbons (Fsp3) is 0.571. The Morgan fingerprint density at radius 2 is 2.18 bits per heavy atom. The normalized spacial score (nSPS) is 21.0. The smallest absolute Gasteiger partial charge is 0.0455 e. The van der Waals surface area contributed by atoms with Gasteiger partial charge in [0, 0.05) is 36.4 Å². The topological polar surface area (TPSA) is 15.3 Å². The van der Waals surface area contributed by atoms with Crippen LogP contribution in [0.25, 0.3) is 0 Å². The summed E-state index contributed by atoms with van der Waals surface area (Å²) in [6.07, 6.45) is 0. The van der Waals surface area contributed by atoms with Crippen LogP contribution in [-0.2, 0) is 0 Å². The summed E-state index contributed by atoms with van der Waals surface area (Å²) in [5.74, 6) is 0.664. The molecule has 94 valence electrons. The number of hydrogen-bond acceptors (Lipinski definition) is 2. The summed E-state index contributed by atoms with van der Waals surface area (Å²) in [4.78, 5) is 2.45. The van der Waals surface area contributed by atoms with E-state index in [1.165, 1.54) is 11.3 Å². The van der Waals surface area contributed by atoms with Crippen molar-refractivity contribution in [2.45, 2.75) is 26.8 Å². The summed E-state index contributed by atoms with van der Waals surface area (Å²) in [5.41, 5.74) is 2.48. The molecule has 0 aliphatic carbocycles. The maximum absolute atomic E-state index is 6.19. The summed E-state index contributed by atoms with van der Waals surface area (Å²) in [7, 11) is 0. The van der Waals surface area contributed by atoms with Crippen LogP contribution in [0.5, 0.6) is 0 Å². The second-order valence-corrected chi connectivity index (χ2v) is 5.54. The van der Waals surface area contributed by atoms with Gasteiger partial charge in [-0.1, -0.05) is 31.5 Å². The Morgan fingerprint density at radius 1 is 1.41 bits per heavy atom. The minimum absolute atomic E-state index is 0.571. The third kappa shape index (κ3) is 2.75. The molecule has 2 rings (SSSR count). The van der Waals surface area contributed by atoms with Gasteiger partial charge in [0.05, 0.1) is 0 Å². The van der Waals surface area contributed by atoms with Crippen LogP contribution < -0.4 is 10.2 Å². The molecule has 0 spiro atoms. The summed E-state index contributed by atoms with van der Waals surface area (Å²) in [5, 5.41) is 4.44. The molecule has 0 bridgehead atoms. The minimum Gasteiger partial charge on any atom is -0.368 e. The van der Waals surface area contributed by atoms with Gasteiger partial charge in [-0.3, -0.25) is 0 Å². The van der Waals surface area contributed by atoms with E-state index >= 15 is 0 Å². The van der Waals surface area contributed by atoms with Gasteiger partial charge in [-0.2, -0.15) is 0 Å². The Hall–Kier alpha value is -0.730. The van der Waals surface area contributed by atoms with Crippen molar-refractivity contribution in [3.63, 3.8) is 0 Å². The third-order valence-electron chi connectivity index (χ3n) is 3.59. The van der Waals surface area contributed by atoms with Crippen molar-refractivity contribution in [2.75, 3.05) is 24.5 Å². The maximum atomic E-state index is 6.19. The highest BCUT2D eigenvalue weighted by Crippen LogP contribution is 2.27.